The van der Waals surface area contributed by atoms with Crippen LogP contribution in [-0.4, -0.2) is 34.8 Å². The summed E-state index contributed by atoms with van der Waals surface area (Å²) >= 11 is 0. The zero-order chi connectivity index (χ0) is 21.8. The quantitative estimate of drug-likeness (QED) is 0.663. The Morgan fingerprint density at radius 1 is 1.16 bits per heavy atom. The Kier molecular flexibility index (Phi) is 5.98. The molecule has 0 radical (unpaired) electrons. The number of nitrogens with zero attached hydrogens (tertiary/aromatic N) is 2. The number of ether oxygens (including phenoxy) is 1. The summed E-state index contributed by atoms with van der Waals surface area (Å²) in [6.07, 6.45) is 4.17. The SMILES string of the molecule is Cc1ccc(C)c(NC(=O)COc2cccc3c2CCN(Cc2cccnc2)C3=O)c1. The van der Waals surface area contributed by atoms with Crippen LogP contribution in [0.3, 0.4) is 0 Å². The van der Waals surface area contributed by atoms with E-state index in [1.54, 1.807) is 18.5 Å². The molecule has 2 aromatic carbocycles. The summed E-state index contributed by atoms with van der Waals surface area (Å²) in [4.78, 5) is 31.3. The molecule has 0 bridgehead atoms. The molecule has 2 heterocycles. The van der Waals surface area contributed by atoms with Crippen LogP contribution in [0.2, 0.25) is 0 Å². The topological polar surface area (TPSA) is 71.5 Å². The average molecular weight is 415 g/mol. The van der Waals surface area contributed by atoms with E-state index in [9.17, 15) is 9.59 Å². The average Bonchev–Trinajstić information content (AvgIpc) is 2.77. The number of pyridine rings is 1. The third kappa shape index (κ3) is 4.74. The standard InChI is InChI=1S/C25H25N3O3/c1-17-8-9-18(2)22(13-17)27-24(29)16-31-23-7-3-6-21-20(23)10-12-28(25(21)30)15-19-5-4-11-26-14-19/h3-9,11,13-14H,10,12,15-16H2,1-2H3,(H,27,29). The van der Waals surface area contributed by atoms with E-state index in [0.29, 0.717) is 30.8 Å². The highest BCUT2D eigenvalue weighted by Crippen LogP contribution is 2.29. The molecule has 0 saturated carbocycles. The van der Waals surface area contributed by atoms with Gasteiger partial charge in [-0.15, -0.1) is 0 Å². The third-order valence-electron chi connectivity index (χ3n) is 5.40. The summed E-state index contributed by atoms with van der Waals surface area (Å²) in [5.74, 6) is 0.324. The maximum Gasteiger partial charge on any atom is 0.262 e. The van der Waals surface area contributed by atoms with Crippen LogP contribution in [0.15, 0.2) is 60.9 Å². The van der Waals surface area contributed by atoms with Gasteiger partial charge in [0.1, 0.15) is 5.75 Å². The van der Waals surface area contributed by atoms with Crippen LogP contribution < -0.4 is 10.1 Å². The van der Waals surface area contributed by atoms with Crippen molar-refractivity contribution in [3.63, 3.8) is 0 Å². The van der Waals surface area contributed by atoms with Crippen LogP contribution in [0.1, 0.15) is 32.6 Å². The second-order valence-electron chi connectivity index (χ2n) is 7.78. The number of benzene rings is 2. The van der Waals surface area contributed by atoms with Crippen LogP contribution in [-0.2, 0) is 17.8 Å². The van der Waals surface area contributed by atoms with Crippen LogP contribution in [0, 0.1) is 13.8 Å². The van der Waals surface area contributed by atoms with Gasteiger partial charge in [-0.2, -0.15) is 0 Å². The molecule has 0 spiro atoms. The molecule has 1 N–H and O–H groups in total. The van der Waals surface area contributed by atoms with Crippen molar-refractivity contribution < 1.29 is 14.3 Å². The van der Waals surface area contributed by atoms with Gasteiger partial charge in [0.25, 0.3) is 11.8 Å². The normalized spacial score (nSPS) is 13.0. The Bertz CT molecular complexity index is 1110. The van der Waals surface area contributed by atoms with E-state index in [0.717, 1.165) is 27.9 Å². The molecule has 2 amide bonds. The van der Waals surface area contributed by atoms with Gasteiger partial charge in [0.05, 0.1) is 0 Å². The number of aryl methyl sites for hydroxylation is 2. The minimum atomic E-state index is -0.230. The first-order chi connectivity index (χ1) is 15.0. The molecule has 3 aromatic rings. The van der Waals surface area contributed by atoms with Gasteiger partial charge in [0.2, 0.25) is 0 Å². The lowest BCUT2D eigenvalue weighted by Crippen LogP contribution is -2.37. The lowest BCUT2D eigenvalue weighted by atomic mass is 9.97. The highest BCUT2D eigenvalue weighted by molar-refractivity contribution is 5.97. The Hall–Kier alpha value is -3.67. The summed E-state index contributed by atoms with van der Waals surface area (Å²) < 4.78 is 5.82. The molecule has 0 saturated heterocycles. The van der Waals surface area contributed by atoms with Crippen molar-refractivity contribution in [2.45, 2.75) is 26.8 Å². The van der Waals surface area contributed by atoms with Crippen molar-refractivity contribution in [3.05, 3.63) is 88.7 Å². The molecule has 0 unspecified atom stereocenters. The van der Waals surface area contributed by atoms with Gasteiger partial charge in [-0.1, -0.05) is 24.3 Å². The second kappa shape index (κ2) is 9.00. The molecular weight excluding hydrogens is 390 g/mol. The van der Waals surface area contributed by atoms with Gasteiger partial charge in [-0.05, 0) is 61.2 Å². The van der Waals surface area contributed by atoms with E-state index in [1.807, 2.05) is 61.2 Å². The van der Waals surface area contributed by atoms with Crippen molar-refractivity contribution in [3.8, 4) is 5.75 Å². The molecule has 1 aliphatic heterocycles. The van der Waals surface area contributed by atoms with E-state index in [4.69, 9.17) is 4.74 Å². The van der Waals surface area contributed by atoms with Crippen LogP contribution in [0.25, 0.3) is 0 Å². The molecule has 158 valence electrons. The van der Waals surface area contributed by atoms with E-state index in [-0.39, 0.29) is 18.4 Å². The number of hydrogen-bond acceptors (Lipinski definition) is 4. The number of fused-ring (bicyclic) bond motifs is 1. The van der Waals surface area contributed by atoms with Gasteiger partial charge in [0.15, 0.2) is 6.61 Å². The first-order valence-electron chi connectivity index (χ1n) is 10.3. The molecule has 6 nitrogen and oxygen atoms in total. The smallest absolute Gasteiger partial charge is 0.262 e. The summed E-state index contributed by atoms with van der Waals surface area (Å²) in [6.45, 7) is 4.94. The van der Waals surface area contributed by atoms with E-state index in [1.165, 1.54) is 0 Å². The predicted octanol–water partition coefficient (Wildman–Crippen LogP) is 3.91. The first kappa shape index (κ1) is 20.6. The van der Waals surface area contributed by atoms with E-state index < -0.39 is 0 Å². The molecule has 0 aliphatic carbocycles. The zero-order valence-electron chi connectivity index (χ0n) is 17.7. The van der Waals surface area contributed by atoms with Gasteiger partial charge < -0.3 is 15.0 Å². The maximum absolute atomic E-state index is 13.0. The monoisotopic (exact) mass is 415 g/mol. The molecule has 1 aromatic heterocycles. The highest BCUT2D eigenvalue weighted by atomic mass is 16.5. The summed E-state index contributed by atoms with van der Waals surface area (Å²) in [5, 5.41) is 2.90. The number of hydrogen-bond donors (Lipinski definition) is 1. The number of anilines is 1. The van der Waals surface area contributed by atoms with Crippen molar-refractivity contribution in [2.24, 2.45) is 0 Å². The Labute approximate surface area is 181 Å². The van der Waals surface area contributed by atoms with Crippen LogP contribution in [0.4, 0.5) is 5.69 Å². The number of amides is 2. The predicted molar refractivity (Wildman–Crippen MR) is 119 cm³/mol. The van der Waals surface area contributed by atoms with E-state index in [2.05, 4.69) is 10.3 Å². The van der Waals surface area contributed by atoms with Gasteiger partial charge in [-0.25, -0.2) is 0 Å². The lowest BCUT2D eigenvalue weighted by molar-refractivity contribution is -0.118. The molecular formula is C25H25N3O3. The molecule has 0 atom stereocenters. The van der Waals surface area contributed by atoms with Crippen LogP contribution in [0.5, 0.6) is 5.75 Å². The fourth-order valence-corrected chi connectivity index (χ4v) is 3.74. The fourth-order valence-electron chi connectivity index (χ4n) is 3.74. The fraction of sp³-hybridized carbons (Fsp3) is 0.240. The van der Waals surface area contributed by atoms with Crippen molar-refractivity contribution in [1.29, 1.82) is 0 Å². The van der Waals surface area contributed by atoms with Gasteiger partial charge in [-0.3, -0.25) is 14.6 Å². The minimum absolute atomic E-state index is 0.0320. The maximum atomic E-state index is 13.0. The van der Waals surface area contributed by atoms with Crippen molar-refractivity contribution >= 4 is 17.5 Å². The number of nitrogens with one attached hydrogen (secondary N) is 1. The highest BCUT2D eigenvalue weighted by Gasteiger charge is 2.27. The lowest BCUT2D eigenvalue weighted by Gasteiger charge is -2.29. The first-order valence-corrected chi connectivity index (χ1v) is 10.3. The Balaban J connectivity index is 1.43. The summed E-state index contributed by atoms with van der Waals surface area (Å²) in [7, 11) is 0. The van der Waals surface area contributed by atoms with Gasteiger partial charge in [0, 0.05) is 42.3 Å². The van der Waals surface area contributed by atoms with Gasteiger partial charge >= 0.3 is 0 Å². The molecule has 0 fully saturated rings. The number of rotatable bonds is 6. The summed E-state index contributed by atoms with van der Waals surface area (Å²) in [6, 6.07) is 15.2. The van der Waals surface area contributed by atoms with Crippen molar-refractivity contribution in [2.75, 3.05) is 18.5 Å². The zero-order valence-corrected chi connectivity index (χ0v) is 17.7. The largest absolute Gasteiger partial charge is 0.483 e. The van der Waals surface area contributed by atoms with Crippen molar-refractivity contribution in [1.82, 2.24) is 9.88 Å². The second-order valence-corrected chi connectivity index (χ2v) is 7.78. The van der Waals surface area contributed by atoms with E-state index >= 15 is 0 Å². The number of carbonyl (C=O) groups excluding carboxylic acids is 2. The van der Waals surface area contributed by atoms with Crippen LogP contribution >= 0.6 is 0 Å². The Morgan fingerprint density at radius 2 is 2.03 bits per heavy atom. The minimum Gasteiger partial charge on any atom is -0.483 e. The molecule has 31 heavy (non-hydrogen) atoms. The molecule has 4 rings (SSSR count). The third-order valence-corrected chi connectivity index (χ3v) is 5.40. The molecule has 6 heteroatoms. The summed E-state index contributed by atoms with van der Waals surface area (Å²) in [5.41, 5.74) is 5.33. The molecule has 1 aliphatic rings. The number of carbonyl (C=O) groups is 2. The number of aromatic nitrogens is 1. The Morgan fingerprint density at radius 3 is 2.84 bits per heavy atom.